The molecule has 1 N–H and O–H groups in total. The summed E-state index contributed by atoms with van der Waals surface area (Å²) in [6.45, 7) is 2.03. The van der Waals surface area contributed by atoms with Crippen LogP contribution in [0.2, 0.25) is 5.02 Å². The fourth-order valence-corrected chi connectivity index (χ4v) is 2.57. The molecule has 0 saturated carbocycles. The normalized spacial score (nSPS) is 11.9. The van der Waals surface area contributed by atoms with Gasteiger partial charge in [0.05, 0.1) is 6.42 Å². The Labute approximate surface area is 132 Å². The molecular weight excluding hydrogens is 338 g/mol. The minimum atomic E-state index is -0.0706. The van der Waals surface area contributed by atoms with Gasteiger partial charge in [0.25, 0.3) is 0 Å². The second kappa shape index (κ2) is 6.91. The minimum absolute atomic E-state index is 0.0706. The topological polar surface area (TPSA) is 29.1 Å². The van der Waals surface area contributed by atoms with E-state index >= 15 is 0 Å². The Balaban J connectivity index is 2.11. The Morgan fingerprint density at radius 3 is 2.55 bits per heavy atom. The van der Waals surface area contributed by atoms with Crippen LogP contribution in [0.5, 0.6) is 0 Å². The summed E-state index contributed by atoms with van der Waals surface area (Å²) in [5, 5.41) is 3.56. The van der Waals surface area contributed by atoms with Crippen LogP contribution in [-0.2, 0) is 11.2 Å². The number of nitrogens with one attached hydrogen (secondary N) is 1. The van der Waals surface area contributed by atoms with E-state index in [9.17, 15) is 4.79 Å². The molecule has 0 bridgehead atoms. The van der Waals surface area contributed by atoms with E-state index in [0.29, 0.717) is 5.02 Å². The number of amides is 1. The molecule has 1 amide bonds. The molecule has 2 aromatic carbocycles. The molecule has 0 spiro atoms. The van der Waals surface area contributed by atoms with Crippen molar-refractivity contribution in [2.75, 3.05) is 5.32 Å². The predicted molar refractivity (Wildman–Crippen MR) is 87.6 cm³/mol. The molecule has 2 rings (SSSR count). The van der Waals surface area contributed by atoms with Gasteiger partial charge in [-0.05, 0) is 30.2 Å². The van der Waals surface area contributed by atoms with Gasteiger partial charge in [0, 0.05) is 15.5 Å². The van der Waals surface area contributed by atoms with E-state index in [2.05, 4.69) is 21.2 Å². The third-order valence-corrected chi connectivity index (χ3v) is 3.83. The number of hydrogen-bond donors (Lipinski definition) is 1. The molecule has 0 aliphatic heterocycles. The minimum Gasteiger partial charge on any atom is -0.326 e. The van der Waals surface area contributed by atoms with Crippen molar-refractivity contribution in [3.05, 3.63) is 64.7 Å². The van der Waals surface area contributed by atoms with E-state index in [1.54, 1.807) is 6.07 Å². The first kappa shape index (κ1) is 15.1. The van der Waals surface area contributed by atoms with Crippen LogP contribution in [0, 0.1) is 0 Å². The highest BCUT2D eigenvalue weighted by Gasteiger charge is 2.11. The first-order valence-corrected chi connectivity index (χ1v) is 7.63. The molecule has 2 aromatic rings. The van der Waals surface area contributed by atoms with Gasteiger partial charge in [-0.25, -0.2) is 0 Å². The molecule has 0 saturated heterocycles. The highest BCUT2D eigenvalue weighted by molar-refractivity contribution is 9.09. The highest BCUT2D eigenvalue weighted by atomic mass is 79.9. The van der Waals surface area contributed by atoms with Gasteiger partial charge in [0.2, 0.25) is 5.91 Å². The van der Waals surface area contributed by atoms with E-state index in [1.807, 2.05) is 49.4 Å². The second-order valence-corrected chi connectivity index (χ2v) is 6.30. The van der Waals surface area contributed by atoms with E-state index in [4.69, 9.17) is 11.6 Å². The van der Waals surface area contributed by atoms with Crippen molar-refractivity contribution < 1.29 is 4.79 Å². The van der Waals surface area contributed by atoms with Crippen LogP contribution in [0.15, 0.2) is 48.5 Å². The van der Waals surface area contributed by atoms with Gasteiger partial charge >= 0.3 is 0 Å². The van der Waals surface area contributed by atoms with E-state index in [0.717, 1.165) is 16.8 Å². The van der Waals surface area contributed by atoms with Crippen LogP contribution in [0.1, 0.15) is 22.9 Å². The lowest BCUT2D eigenvalue weighted by Crippen LogP contribution is -2.15. The van der Waals surface area contributed by atoms with E-state index in [1.165, 1.54) is 0 Å². The second-order valence-electron chi connectivity index (χ2n) is 4.52. The number of para-hydroxylation sites is 1. The summed E-state index contributed by atoms with van der Waals surface area (Å²) >= 11 is 9.59. The summed E-state index contributed by atoms with van der Waals surface area (Å²) in [5.41, 5.74) is 2.71. The summed E-state index contributed by atoms with van der Waals surface area (Å²) < 4.78 is 0. The third kappa shape index (κ3) is 3.84. The fourth-order valence-electron chi connectivity index (χ4n) is 1.97. The molecule has 0 heterocycles. The van der Waals surface area contributed by atoms with Gasteiger partial charge in [-0.3, -0.25) is 4.79 Å². The first-order valence-electron chi connectivity index (χ1n) is 6.34. The van der Waals surface area contributed by atoms with Crippen LogP contribution in [0.3, 0.4) is 0 Å². The summed E-state index contributed by atoms with van der Waals surface area (Å²) in [4.78, 5) is 12.3. The zero-order valence-corrected chi connectivity index (χ0v) is 13.4. The molecule has 1 unspecified atom stereocenters. The molecule has 0 aliphatic rings. The maximum absolute atomic E-state index is 12.1. The van der Waals surface area contributed by atoms with Crippen molar-refractivity contribution in [2.45, 2.75) is 18.2 Å². The smallest absolute Gasteiger partial charge is 0.228 e. The van der Waals surface area contributed by atoms with Crippen LogP contribution >= 0.6 is 27.5 Å². The quantitative estimate of drug-likeness (QED) is 0.773. The molecule has 0 aliphatic carbocycles. The van der Waals surface area contributed by atoms with Crippen LogP contribution in [0.25, 0.3) is 0 Å². The van der Waals surface area contributed by atoms with Gasteiger partial charge in [-0.2, -0.15) is 0 Å². The molecule has 104 valence electrons. The number of benzene rings is 2. The average Bonchev–Trinajstić information content (AvgIpc) is 2.41. The Hall–Kier alpha value is -1.32. The molecule has 20 heavy (non-hydrogen) atoms. The number of carbonyl (C=O) groups excluding carboxylic acids is 1. The first-order chi connectivity index (χ1) is 9.58. The van der Waals surface area contributed by atoms with Gasteiger partial charge in [-0.1, -0.05) is 63.9 Å². The van der Waals surface area contributed by atoms with Gasteiger partial charge in [0.1, 0.15) is 0 Å². The zero-order chi connectivity index (χ0) is 14.5. The van der Waals surface area contributed by atoms with Crippen molar-refractivity contribution in [1.82, 2.24) is 0 Å². The average molecular weight is 353 g/mol. The van der Waals surface area contributed by atoms with Crippen molar-refractivity contribution in [2.24, 2.45) is 0 Å². The van der Waals surface area contributed by atoms with Crippen LogP contribution < -0.4 is 5.32 Å². The Morgan fingerprint density at radius 2 is 1.85 bits per heavy atom. The number of rotatable bonds is 4. The van der Waals surface area contributed by atoms with Gasteiger partial charge in [-0.15, -0.1) is 0 Å². The summed E-state index contributed by atoms with van der Waals surface area (Å²) in [6, 6.07) is 15.1. The molecule has 2 nitrogen and oxygen atoms in total. The molecule has 4 heteroatoms. The van der Waals surface area contributed by atoms with E-state index in [-0.39, 0.29) is 17.2 Å². The Bertz CT molecular complexity index is 613. The molecule has 0 fully saturated rings. The van der Waals surface area contributed by atoms with Gasteiger partial charge < -0.3 is 5.32 Å². The lowest BCUT2D eigenvalue weighted by atomic mass is 10.1. The maximum Gasteiger partial charge on any atom is 0.228 e. The third-order valence-electron chi connectivity index (χ3n) is 2.97. The SMILES string of the molecule is CC(Br)c1ccccc1NC(=O)Cc1ccccc1Cl. The molecule has 1 atom stereocenters. The number of alkyl halides is 1. The largest absolute Gasteiger partial charge is 0.326 e. The summed E-state index contributed by atoms with van der Waals surface area (Å²) in [6.07, 6.45) is 0.269. The van der Waals surface area contributed by atoms with Crippen LogP contribution in [0.4, 0.5) is 5.69 Å². The van der Waals surface area contributed by atoms with Crippen LogP contribution in [-0.4, -0.2) is 5.91 Å². The monoisotopic (exact) mass is 351 g/mol. The number of hydrogen-bond acceptors (Lipinski definition) is 1. The Kier molecular flexibility index (Phi) is 5.21. The summed E-state index contributed by atoms with van der Waals surface area (Å²) in [5.74, 6) is -0.0706. The van der Waals surface area contributed by atoms with Crippen molar-refractivity contribution in [3.63, 3.8) is 0 Å². The molecular formula is C16H15BrClNO. The predicted octanol–water partition coefficient (Wildman–Crippen LogP) is 4.98. The lowest BCUT2D eigenvalue weighted by Gasteiger charge is -2.13. The van der Waals surface area contributed by atoms with Crippen molar-refractivity contribution >= 4 is 39.1 Å². The molecule has 0 radical (unpaired) electrons. The molecule has 0 aromatic heterocycles. The van der Waals surface area contributed by atoms with Crippen molar-refractivity contribution in [1.29, 1.82) is 0 Å². The van der Waals surface area contributed by atoms with Crippen molar-refractivity contribution in [3.8, 4) is 0 Å². The highest BCUT2D eigenvalue weighted by Crippen LogP contribution is 2.28. The fraction of sp³-hybridized carbons (Fsp3) is 0.188. The number of anilines is 1. The van der Waals surface area contributed by atoms with Gasteiger partial charge in [0.15, 0.2) is 0 Å². The Morgan fingerprint density at radius 1 is 1.20 bits per heavy atom. The lowest BCUT2D eigenvalue weighted by molar-refractivity contribution is -0.115. The number of halogens is 2. The van der Waals surface area contributed by atoms with E-state index < -0.39 is 0 Å². The maximum atomic E-state index is 12.1. The zero-order valence-electron chi connectivity index (χ0n) is 11.1. The summed E-state index contributed by atoms with van der Waals surface area (Å²) in [7, 11) is 0. The number of carbonyl (C=O) groups is 1. The standard InChI is InChI=1S/C16H15BrClNO/c1-11(17)13-7-3-5-9-15(13)19-16(20)10-12-6-2-4-8-14(12)18/h2-9,11H,10H2,1H3,(H,19,20).